The van der Waals surface area contributed by atoms with Crippen LogP contribution in [0.1, 0.15) is 23.7 Å². The molecule has 1 aromatic heterocycles. The number of aromatic nitrogens is 1. The van der Waals surface area contributed by atoms with E-state index in [1.54, 1.807) is 0 Å². The minimum absolute atomic E-state index is 0.594. The van der Waals surface area contributed by atoms with Crippen molar-refractivity contribution < 1.29 is 0 Å². The monoisotopic (exact) mass is 148 g/mol. The van der Waals surface area contributed by atoms with E-state index in [0.717, 1.165) is 12.2 Å². The lowest BCUT2D eigenvalue weighted by Crippen LogP contribution is -2.34. The van der Waals surface area contributed by atoms with Crippen molar-refractivity contribution in [3.63, 3.8) is 0 Å². The molecule has 1 fully saturated rings. The van der Waals surface area contributed by atoms with Crippen LogP contribution in [0, 0.1) is 6.92 Å². The second-order valence-corrected chi connectivity index (χ2v) is 3.03. The molecule has 1 aliphatic rings. The van der Waals surface area contributed by atoms with Crippen LogP contribution in [0.4, 0.5) is 0 Å². The highest BCUT2D eigenvalue weighted by atomic mass is 15.0. The van der Waals surface area contributed by atoms with Crippen LogP contribution >= 0.6 is 0 Å². The van der Waals surface area contributed by atoms with E-state index in [1.165, 1.54) is 12.0 Å². The number of aryl methyl sites for hydroxylation is 1. The number of pyridine rings is 1. The summed E-state index contributed by atoms with van der Waals surface area (Å²) >= 11 is 0. The fraction of sp³-hybridized carbons (Fsp3) is 0.444. The molecule has 0 spiro atoms. The van der Waals surface area contributed by atoms with Gasteiger partial charge in [-0.15, -0.1) is 0 Å². The van der Waals surface area contributed by atoms with E-state index in [-0.39, 0.29) is 0 Å². The van der Waals surface area contributed by atoms with Crippen molar-refractivity contribution in [2.24, 2.45) is 0 Å². The Labute approximate surface area is 66.7 Å². The summed E-state index contributed by atoms with van der Waals surface area (Å²) in [5.74, 6) is 0. The minimum atomic E-state index is 0.594. The third kappa shape index (κ3) is 1.26. The molecule has 2 heteroatoms. The van der Waals surface area contributed by atoms with Crippen LogP contribution in [0.15, 0.2) is 18.3 Å². The quantitative estimate of drug-likeness (QED) is 0.651. The van der Waals surface area contributed by atoms with Gasteiger partial charge in [0.05, 0.1) is 0 Å². The second-order valence-electron chi connectivity index (χ2n) is 3.03. The Morgan fingerprint density at radius 1 is 1.64 bits per heavy atom. The Morgan fingerprint density at radius 3 is 3.00 bits per heavy atom. The summed E-state index contributed by atoms with van der Waals surface area (Å²) < 4.78 is 0. The third-order valence-corrected chi connectivity index (χ3v) is 2.15. The lowest BCUT2D eigenvalue weighted by atomic mass is 9.99. The summed E-state index contributed by atoms with van der Waals surface area (Å²) in [6, 6.07) is 4.83. The van der Waals surface area contributed by atoms with Gasteiger partial charge in [0.2, 0.25) is 0 Å². The number of nitrogens with zero attached hydrogens (tertiary/aromatic N) is 1. The first-order valence-electron chi connectivity index (χ1n) is 4.02. The van der Waals surface area contributed by atoms with Gasteiger partial charge in [0, 0.05) is 17.9 Å². The maximum Gasteiger partial charge on any atom is 0.0375 e. The highest BCUT2D eigenvalue weighted by Gasteiger charge is 2.17. The summed E-state index contributed by atoms with van der Waals surface area (Å²) in [5, 5.41) is 3.36. The standard InChI is InChI=1S/C9H12N2/c1-7-6-8(2-4-10-7)9-3-5-11-9/h2,4,6,9,11H,3,5H2,1H3/t9-/m0/s1. The normalized spacial score (nSPS) is 22.8. The van der Waals surface area contributed by atoms with Gasteiger partial charge in [0.1, 0.15) is 0 Å². The molecule has 0 aromatic carbocycles. The molecule has 0 amide bonds. The molecule has 0 unspecified atom stereocenters. The lowest BCUT2D eigenvalue weighted by molar-refractivity contribution is 0.383. The molecule has 0 bridgehead atoms. The third-order valence-electron chi connectivity index (χ3n) is 2.15. The first-order chi connectivity index (χ1) is 5.36. The van der Waals surface area contributed by atoms with Crippen molar-refractivity contribution >= 4 is 0 Å². The Kier molecular flexibility index (Phi) is 1.62. The molecular weight excluding hydrogens is 136 g/mol. The number of hydrogen-bond acceptors (Lipinski definition) is 2. The van der Waals surface area contributed by atoms with E-state index in [1.807, 2.05) is 13.1 Å². The number of hydrogen-bond donors (Lipinski definition) is 1. The first-order valence-corrected chi connectivity index (χ1v) is 4.02. The van der Waals surface area contributed by atoms with Crippen LogP contribution < -0.4 is 5.32 Å². The molecule has 2 nitrogen and oxygen atoms in total. The van der Waals surface area contributed by atoms with Gasteiger partial charge in [-0.1, -0.05) is 0 Å². The van der Waals surface area contributed by atoms with Crippen molar-refractivity contribution in [3.05, 3.63) is 29.6 Å². The smallest absolute Gasteiger partial charge is 0.0375 e. The zero-order valence-corrected chi connectivity index (χ0v) is 6.67. The number of nitrogens with one attached hydrogen (secondary N) is 1. The van der Waals surface area contributed by atoms with Gasteiger partial charge in [-0.05, 0) is 37.6 Å². The summed E-state index contributed by atoms with van der Waals surface area (Å²) in [4.78, 5) is 4.15. The van der Waals surface area contributed by atoms with Gasteiger partial charge in [-0.2, -0.15) is 0 Å². The highest BCUT2D eigenvalue weighted by molar-refractivity contribution is 5.21. The van der Waals surface area contributed by atoms with E-state index in [2.05, 4.69) is 22.4 Å². The predicted octanol–water partition coefficient (Wildman–Crippen LogP) is 1.42. The Bertz CT molecular complexity index is 253. The molecule has 1 atom stereocenters. The fourth-order valence-corrected chi connectivity index (χ4v) is 1.36. The Balaban J connectivity index is 2.23. The molecule has 58 valence electrons. The average molecular weight is 148 g/mol. The molecular formula is C9H12N2. The minimum Gasteiger partial charge on any atom is -0.310 e. The van der Waals surface area contributed by atoms with Gasteiger partial charge in [-0.3, -0.25) is 4.98 Å². The highest BCUT2D eigenvalue weighted by Crippen LogP contribution is 2.22. The molecule has 0 saturated carbocycles. The summed E-state index contributed by atoms with van der Waals surface area (Å²) in [6.45, 7) is 3.19. The molecule has 1 N–H and O–H groups in total. The number of rotatable bonds is 1. The molecule has 1 aliphatic heterocycles. The van der Waals surface area contributed by atoms with Crippen molar-refractivity contribution in [1.82, 2.24) is 10.3 Å². The summed E-state index contributed by atoms with van der Waals surface area (Å²) in [6.07, 6.45) is 3.15. The molecule has 2 rings (SSSR count). The van der Waals surface area contributed by atoms with Crippen LogP contribution in [0.25, 0.3) is 0 Å². The van der Waals surface area contributed by atoms with Crippen LogP contribution in [0.3, 0.4) is 0 Å². The zero-order chi connectivity index (χ0) is 7.68. The van der Waals surface area contributed by atoms with Crippen molar-refractivity contribution in [1.29, 1.82) is 0 Å². The van der Waals surface area contributed by atoms with Crippen LogP contribution in [-0.4, -0.2) is 11.5 Å². The zero-order valence-electron chi connectivity index (χ0n) is 6.67. The topological polar surface area (TPSA) is 24.9 Å². The largest absolute Gasteiger partial charge is 0.310 e. The van der Waals surface area contributed by atoms with E-state index in [0.29, 0.717) is 6.04 Å². The van der Waals surface area contributed by atoms with E-state index in [4.69, 9.17) is 0 Å². The average Bonchev–Trinajstić information content (AvgIpc) is 1.83. The second kappa shape index (κ2) is 2.62. The lowest BCUT2D eigenvalue weighted by Gasteiger charge is -2.27. The van der Waals surface area contributed by atoms with Crippen molar-refractivity contribution in [2.75, 3.05) is 6.54 Å². The molecule has 0 radical (unpaired) electrons. The molecule has 11 heavy (non-hydrogen) atoms. The summed E-state index contributed by atoms with van der Waals surface area (Å²) in [5.41, 5.74) is 2.49. The molecule has 0 aliphatic carbocycles. The van der Waals surface area contributed by atoms with Crippen molar-refractivity contribution in [2.45, 2.75) is 19.4 Å². The Morgan fingerprint density at radius 2 is 2.45 bits per heavy atom. The van der Waals surface area contributed by atoms with Gasteiger partial charge < -0.3 is 5.32 Å². The molecule has 1 aromatic rings. The molecule has 1 saturated heterocycles. The van der Waals surface area contributed by atoms with E-state index < -0.39 is 0 Å². The molecule has 2 heterocycles. The SMILES string of the molecule is Cc1cc([C@@H]2CCN2)ccn1. The van der Waals surface area contributed by atoms with E-state index >= 15 is 0 Å². The van der Waals surface area contributed by atoms with Gasteiger partial charge in [-0.25, -0.2) is 0 Å². The first kappa shape index (κ1) is 6.80. The van der Waals surface area contributed by atoms with Gasteiger partial charge in [0.15, 0.2) is 0 Å². The Hall–Kier alpha value is -0.890. The van der Waals surface area contributed by atoms with Crippen molar-refractivity contribution in [3.8, 4) is 0 Å². The van der Waals surface area contributed by atoms with E-state index in [9.17, 15) is 0 Å². The maximum atomic E-state index is 4.15. The maximum absolute atomic E-state index is 4.15. The van der Waals surface area contributed by atoms with Crippen LogP contribution in [-0.2, 0) is 0 Å². The van der Waals surface area contributed by atoms with Crippen LogP contribution in [0.5, 0.6) is 0 Å². The predicted molar refractivity (Wildman–Crippen MR) is 44.3 cm³/mol. The summed E-state index contributed by atoms with van der Waals surface area (Å²) in [7, 11) is 0. The fourth-order valence-electron chi connectivity index (χ4n) is 1.36. The van der Waals surface area contributed by atoms with Gasteiger partial charge >= 0.3 is 0 Å². The van der Waals surface area contributed by atoms with Crippen LogP contribution in [0.2, 0.25) is 0 Å². The van der Waals surface area contributed by atoms with Gasteiger partial charge in [0.25, 0.3) is 0 Å².